The molecule has 0 radical (unpaired) electrons. The first kappa shape index (κ1) is 29.3. The largest absolute Gasteiger partial charge is 0.492 e. The van der Waals surface area contributed by atoms with Gasteiger partial charge in [-0.05, 0) is 85.3 Å². The van der Waals surface area contributed by atoms with Crippen LogP contribution in [-0.2, 0) is 14.8 Å². The van der Waals surface area contributed by atoms with Gasteiger partial charge in [0.25, 0.3) is 15.9 Å². The Kier molecular flexibility index (Phi) is 9.73. The van der Waals surface area contributed by atoms with E-state index in [0.717, 1.165) is 4.31 Å². The van der Waals surface area contributed by atoms with Crippen molar-refractivity contribution in [1.82, 2.24) is 5.43 Å². The van der Waals surface area contributed by atoms with Gasteiger partial charge in [0.05, 0.1) is 29.0 Å². The third kappa shape index (κ3) is 7.71. The first-order valence-electron chi connectivity index (χ1n) is 12.5. The molecule has 0 bridgehead atoms. The SMILES string of the molecule is CCOc1ccccc1N(CC(=O)N/N=C\c1ccc(OC(=O)c2ccccc2)cc1)S(=O)(=O)c1ccc(Cl)cc1. The number of nitrogens with one attached hydrogen (secondary N) is 1. The number of ether oxygens (including phenoxy) is 2. The van der Waals surface area contributed by atoms with Crippen molar-refractivity contribution in [2.24, 2.45) is 5.10 Å². The van der Waals surface area contributed by atoms with Gasteiger partial charge in [0, 0.05) is 5.02 Å². The van der Waals surface area contributed by atoms with Gasteiger partial charge < -0.3 is 9.47 Å². The van der Waals surface area contributed by atoms with E-state index in [-0.39, 0.29) is 10.6 Å². The minimum Gasteiger partial charge on any atom is -0.492 e. The monoisotopic (exact) mass is 591 g/mol. The van der Waals surface area contributed by atoms with Crippen LogP contribution in [0.1, 0.15) is 22.8 Å². The van der Waals surface area contributed by atoms with Crippen LogP contribution in [0.25, 0.3) is 0 Å². The van der Waals surface area contributed by atoms with Crippen LogP contribution in [0.15, 0.2) is 113 Å². The Labute approximate surface area is 243 Å². The van der Waals surface area contributed by atoms with Crippen LogP contribution in [0.3, 0.4) is 0 Å². The summed E-state index contributed by atoms with van der Waals surface area (Å²) in [5.74, 6) is -0.519. The van der Waals surface area contributed by atoms with E-state index < -0.39 is 28.4 Å². The Hall–Kier alpha value is -4.67. The lowest BCUT2D eigenvalue weighted by atomic mass is 10.2. The smallest absolute Gasteiger partial charge is 0.343 e. The quantitative estimate of drug-likeness (QED) is 0.109. The summed E-state index contributed by atoms with van der Waals surface area (Å²) in [6.07, 6.45) is 1.38. The number of amides is 1. The van der Waals surface area contributed by atoms with E-state index >= 15 is 0 Å². The Balaban J connectivity index is 1.46. The number of para-hydroxylation sites is 2. The van der Waals surface area contributed by atoms with Gasteiger partial charge in [-0.2, -0.15) is 5.10 Å². The van der Waals surface area contributed by atoms with Crippen LogP contribution in [0, 0.1) is 0 Å². The summed E-state index contributed by atoms with van der Waals surface area (Å²) in [7, 11) is -4.18. The molecule has 0 aliphatic carbocycles. The van der Waals surface area contributed by atoms with Crippen molar-refractivity contribution in [3.8, 4) is 11.5 Å². The summed E-state index contributed by atoms with van der Waals surface area (Å²) in [4.78, 5) is 25.0. The number of hydrogen-bond donors (Lipinski definition) is 1. The number of anilines is 1. The average Bonchev–Trinajstić information content (AvgIpc) is 2.98. The molecule has 0 saturated heterocycles. The molecule has 9 nitrogen and oxygen atoms in total. The highest BCUT2D eigenvalue weighted by Crippen LogP contribution is 2.32. The van der Waals surface area contributed by atoms with Crippen molar-refractivity contribution in [2.75, 3.05) is 17.5 Å². The number of halogens is 1. The molecule has 1 amide bonds. The highest BCUT2D eigenvalue weighted by Gasteiger charge is 2.29. The fraction of sp³-hybridized carbons (Fsp3) is 0.100. The molecule has 0 heterocycles. The lowest BCUT2D eigenvalue weighted by molar-refractivity contribution is -0.119. The molecule has 0 saturated carbocycles. The second kappa shape index (κ2) is 13.6. The molecule has 0 unspecified atom stereocenters. The number of sulfonamides is 1. The first-order valence-corrected chi connectivity index (χ1v) is 14.3. The summed E-state index contributed by atoms with van der Waals surface area (Å²) < 4.78 is 39.1. The number of carbonyl (C=O) groups is 2. The third-order valence-electron chi connectivity index (χ3n) is 5.63. The summed E-state index contributed by atoms with van der Waals surface area (Å²) in [5, 5.41) is 4.32. The summed E-state index contributed by atoms with van der Waals surface area (Å²) in [6.45, 7) is 1.50. The van der Waals surface area contributed by atoms with Crippen molar-refractivity contribution in [2.45, 2.75) is 11.8 Å². The third-order valence-corrected chi connectivity index (χ3v) is 7.65. The van der Waals surface area contributed by atoms with Gasteiger partial charge in [0.15, 0.2) is 0 Å². The number of benzene rings is 4. The minimum atomic E-state index is -4.18. The molecule has 11 heteroatoms. The van der Waals surface area contributed by atoms with E-state index in [9.17, 15) is 18.0 Å². The summed E-state index contributed by atoms with van der Waals surface area (Å²) in [6, 6.07) is 27.3. The summed E-state index contributed by atoms with van der Waals surface area (Å²) >= 11 is 5.94. The van der Waals surface area contributed by atoms with E-state index in [1.807, 2.05) is 0 Å². The van der Waals surface area contributed by atoms with Crippen molar-refractivity contribution < 1.29 is 27.5 Å². The molecule has 0 spiro atoms. The molecule has 41 heavy (non-hydrogen) atoms. The normalized spacial score (nSPS) is 11.2. The maximum atomic E-state index is 13.6. The number of hydrazone groups is 1. The number of esters is 1. The molecule has 0 atom stereocenters. The van der Waals surface area contributed by atoms with Crippen LogP contribution in [0.5, 0.6) is 11.5 Å². The average molecular weight is 592 g/mol. The topological polar surface area (TPSA) is 114 Å². The molecule has 0 aliphatic heterocycles. The van der Waals surface area contributed by atoms with E-state index in [2.05, 4.69) is 10.5 Å². The zero-order chi connectivity index (χ0) is 29.2. The molecule has 0 fully saturated rings. The predicted molar refractivity (Wildman–Crippen MR) is 157 cm³/mol. The molecule has 1 N–H and O–H groups in total. The molecule has 4 aromatic rings. The van der Waals surface area contributed by atoms with E-state index in [0.29, 0.717) is 34.3 Å². The van der Waals surface area contributed by atoms with Gasteiger partial charge in [-0.1, -0.05) is 41.9 Å². The van der Waals surface area contributed by atoms with Gasteiger partial charge in [-0.25, -0.2) is 18.6 Å². The van der Waals surface area contributed by atoms with Crippen LogP contribution < -0.4 is 19.2 Å². The van der Waals surface area contributed by atoms with E-state index in [1.165, 1.54) is 30.5 Å². The minimum absolute atomic E-state index is 0.0439. The summed E-state index contributed by atoms with van der Waals surface area (Å²) in [5.41, 5.74) is 3.60. The zero-order valence-corrected chi connectivity index (χ0v) is 23.5. The first-order chi connectivity index (χ1) is 19.8. The van der Waals surface area contributed by atoms with Gasteiger partial charge in [-0.15, -0.1) is 0 Å². The number of nitrogens with zero attached hydrogens (tertiary/aromatic N) is 2. The van der Waals surface area contributed by atoms with Crippen LogP contribution >= 0.6 is 11.6 Å². The fourth-order valence-corrected chi connectivity index (χ4v) is 5.24. The maximum Gasteiger partial charge on any atom is 0.343 e. The molecular formula is C30H26ClN3O6S. The fourth-order valence-electron chi connectivity index (χ4n) is 3.68. The lowest BCUT2D eigenvalue weighted by Gasteiger charge is -2.25. The molecule has 4 aromatic carbocycles. The number of hydrogen-bond acceptors (Lipinski definition) is 7. The Morgan fingerprint density at radius 3 is 2.24 bits per heavy atom. The van der Waals surface area contributed by atoms with Crippen LogP contribution in [0.4, 0.5) is 5.69 Å². The Morgan fingerprint density at radius 1 is 0.902 bits per heavy atom. The molecular weight excluding hydrogens is 566 g/mol. The molecule has 210 valence electrons. The number of rotatable bonds is 11. The van der Waals surface area contributed by atoms with Crippen molar-refractivity contribution in [3.05, 3.63) is 119 Å². The van der Waals surface area contributed by atoms with Gasteiger partial charge >= 0.3 is 5.97 Å². The molecule has 4 rings (SSSR count). The van der Waals surface area contributed by atoms with Crippen molar-refractivity contribution in [3.63, 3.8) is 0 Å². The van der Waals surface area contributed by atoms with E-state index in [1.54, 1.807) is 85.8 Å². The lowest BCUT2D eigenvalue weighted by Crippen LogP contribution is -2.39. The highest BCUT2D eigenvalue weighted by atomic mass is 35.5. The highest BCUT2D eigenvalue weighted by molar-refractivity contribution is 7.92. The zero-order valence-electron chi connectivity index (χ0n) is 21.9. The van der Waals surface area contributed by atoms with Crippen LogP contribution in [-0.4, -0.2) is 39.7 Å². The second-order valence-electron chi connectivity index (χ2n) is 8.48. The van der Waals surface area contributed by atoms with Gasteiger partial charge in [-0.3, -0.25) is 9.10 Å². The molecule has 0 aliphatic rings. The molecule has 0 aromatic heterocycles. The Morgan fingerprint density at radius 2 is 1.56 bits per heavy atom. The Bertz CT molecular complexity index is 1630. The predicted octanol–water partition coefficient (Wildman–Crippen LogP) is 5.30. The standard InChI is InChI=1S/C30H26ClN3O6S/c1-2-39-28-11-7-6-10-27(28)34(41(37,38)26-18-14-24(31)15-19-26)21-29(35)33-32-20-22-12-16-25(17-13-22)40-30(36)23-8-4-3-5-9-23/h3-20H,2,21H2,1H3,(H,33,35)/b32-20-. The van der Waals surface area contributed by atoms with E-state index in [4.69, 9.17) is 21.1 Å². The van der Waals surface area contributed by atoms with Gasteiger partial charge in [0.2, 0.25) is 0 Å². The number of carbonyl (C=O) groups excluding carboxylic acids is 2. The van der Waals surface area contributed by atoms with Crippen LogP contribution in [0.2, 0.25) is 5.02 Å². The maximum absolute atomic E-state index is 13.6. The second-order valence-corrected chi connectivity index (χ2v) is 10.8. The van der Waals surface area contributed by atoms with Crippen molar-refractivity contribution >= 4 is 45.4 Å². The van der Waals surface area contributed by atoms with Gasteiger partial charge in [0.1, 0.15) is 18.0 Å². The van der Waals surface area contributed by atoms with Crippen molar-refractivity contribution in [1.29, 1.82) is 0 Å².